The van der Waals surface area contributed by atoms with Gasteiger partial charge in [0.1, 0.15) is 12.4 Å². The van der Waals surface area contributed by atoms with Gasteiger partial charge in [0, 0.05) is 24.4 Å². The third-order valence-corrected chi connectivity index (χ3v) is 3.63. The summed E-state index contributed by atoms with van der Waals surface area (Å²) >= 11 is 5.17. The number of hydrogen-bond donors (Lipinski definition) is 2. The second kappa shape index (κ2) is 10.2. The lowest BCUT2D eigenvalue weighted by molar-refractivity contribution is 0.0600. The predicted octanol–water partition coefficient (Wildman–Crippen LogP) is 2.63. The summed E-state index contributed by atoms with van der Waals surface area (Å²) in [5, 5.41) is 5.61. The van der Waals surface area contributed by atoms with Crippen LogP contribution in [0.5, 0.6) is 5.75 Å². The van der Waals surface area contributed by atoms with E-state index in [2.05, 4.69) is 15.4 Å². The van der Waals surface area contributed by atoms with Gasteiger partial charge in [0.25, 0.3) is 5.91 Å². The van der Waals surface area contributed by atoms with Crippen LogP contribution in [-0.2, 0) is 9.47 Å². The summed E-state index contributed by atoms with van der Waals surface area (Å²) in [5.74, 6) is -0.307. The lowest BCUT2D eigenvalue weighted by Gasteiger charge is -2.11. The van der Waals surface area contributed by atoms with Crippen LogP contribution >= 0.6 is 12.2 Å². The largest absolute Gasteiger partial charge is 0.491 e. The molecule has 2 aromatic carbocycles. The van der Waals surface area contributed by atoms with Crippen molar-refractivity contribution in [3.63, 3.8) is 0 Å². The van der Waals surface area contributed by atoms with Crippen LogP contribution in [-0.4, -0.2) is 44.4 Å². The molecule has 2 aromatic rings. The molecule has 0 fully saturated rings. The number of carbonyl (C=O) groups is 2. The molecule has 0 radical (unpaired) electrons. The molecular weight excluding hydrogens is 368 g/mol. The monoisotopic (exact) mass is 388 g/mol. The molecule has 0 aliphatic rings. The Morgan fingerprint density at radius 3 is 2.48 bits per heavy atom. The first kappa shape index (κ1) is 20.3. The van der Waals surface area contributed by atoms with Crippen molar-refractivity contribution in [1.29, 1.82) is 0 Å². The van der Waals surface area contributed by atoms with Gasteiger partial charge in [-0.15, -0.1) is 0 Å². The van der Waals surface area contributed by atoms with E-state index in [1.54, 1.807) is 49.6 Å². The molecule has 142 valence electrons. The predicted molar refractivity (Wildman–Crippen MR) is 105 cm³/mol. The van der Waals surface area contributed by atoms with E-state index in [1.165, 1.54) is 13.2 Å². The molecule has 0 heterocycles. The molecule has 1 amide bonds. The molecule has 0 aliphatic heterocycles. The fraction of sp³-hybridized carbons (Fsp3) is 0.211. The minimum absolute atomic E-state index is 0.123. The van der Waals surface area contributed by atoms with E-state index in [4.69, 9.17) is 21.7 Å². The topological polar surface area (TPSA) is 85.9 Å². The van der Waals surface area contributed by atoms with Crippen LogP contribution < -0.4 is 15.4 Å². The Kier molecular flexibility index (Phi) is 7.72. The number of esters is 1. The Balaban J connectivity index is 1.96. The van der Waals surface area contributed by atoms with Gasteiger partial charge in [0.2, 0.25) is 0 Å². The summed E-state index contributed by atoms with van der Waals surface area (Å²) in [5.41, 5.74) is 1.24. The summed E-state index contributed by atoms with van der Waals surface area (Å²) in [6.07, 6.45) is 0. The van der Waals surface area contributed by atoms with Gasteiger partial charge in [0.05, 0.1) is 19.3 Å². The van der Waals surface area contributed by atoms with Crippen molar-refractivity contribution in [2.75, 3.05) is 32.8 Å². The molecule has 0 bridgehead atoms. The van der Waals surface area contributed by atoms with E-state index in [9.17, 15) is 9.59 Å². The van der Waals surface area contributed by atoms with Crippen molar-refractivity contribution in [3.8, 4) is 5.75 Å². The zero-order valence-electron chi connectivity index (χ0n) is 15.0. The molecule has 0 saturated carbocycles. The number of hydrogen-bond acceptors (Lipinski definition) is 6. The van der Waals surface area contributed by atoms with Crippen molar-refractivity contribution in [2.24, 2.45) is 0 Å². The van der Waals surface area contributed by atoms with Crippen LogP contribution in [0.3, 0.4) is 0 Å². The Hall–Kier alpha value is -2.97. The van der Waals surface area contributed by atoms with Gasteiger partial charge in [-0.2, -0.15) is 0 Å². The summed E-state index contributed by atoms with van der Waals surface area (Å²) in [6, 6.07) is 13.3. The lowest BCUT2D eigenvalue weighted by atomic mass is 10.1. The number of methoxy groups -OCH3 is 2. The fourth-order valence-electron chi connectivity index (χ4n) is 2.15. The minimum atomic E-state index is -0.518. The zero-order chi connectivity index (χ0) is 19.6. The van der Waals surface area contributed by atoms with Crippen LogP contribution in [0.4, 0.5) is 5.69 Å². The van der Waals surface area contributed by atoms with Crippen LogP contribution in [0.15, 0.2) is 48.5 Å². The zero-order valence-corrected chi connectivity index (χ0v) is 15.8. The van der Waals surface area contributed by atoms with Crippen LogP contribution in [0.25, 0.3) is 0 Å². The molecule has 2 N–H and O–H groups in total. The van der Waals surface area contributed by atoms with Crippen molar-refractivity contribution in [3.05, 3.63) is 59.7 Å². The van der Waals surface area contributed by atoms with Gasteiger partial charge < -0.3 is 19.5 Å². The standard InChI is InChI=1S/C19H20N2O5S/c1-24-9-10-26-16-8-4-7-15(12-16)20-19(27)21-17(22)13-5-3-6-14(11-13)18(23)25-2/h3-8,11-12H,9-10H2,1-2H3,(H2,20,21,22,27). The Labute approximate surface area is 162 Å². The van der Waals surface area contributed by atoms with Gasteiger partial charge >= 0.3 is 5.97 Å². The summed E-state index contributed by atoms with van der Waals surface area (Å²) in [7, 11) is 2.88. The number of anilines is 1. The second-order valence-electron chi connectivity index (χ2n) is 5.35. The SMILES string of the molecule is COCCOc1cccc(NC(=S)NC(=O)c2cccc(C(=O)OC)c2)c1. The quantitative estimate of drug-likeness (QED) is 0.428. The number of ether oxygens (including phenoxy) is 3. The van der Waals surface area contributed by atoms with E-state index in [1.807, 2.05) is 0 Å². The number of nitrogens with one attached hydrogen (secondary N) is 2. The highest BCUT2D eigenvalue weighted by atomic mass is 32.1. The highest BCUT2D eigenvalue weighted by Crippen LogP contribution is 2.17. The molecule has 0 atom stereocenters. The smallest absolute Gasteiger partial charge is 0.337 e. The number of thiocarbonyl (C=S) groups is 1. The van der Waals surface area contributed by atoms with Crippen LogP contribution in [0.2, 0.25) is 0 Å². The van der Waals surface area contributed by atoms with E-state index >= 15 is 0 Å². The van der Waals surface area contributed by atoms with Gasteiger partial charge in [0.15, 0.2) is 5.11 Å². The highest BCUT2D eigenvalue weighted by molar-refractivity contribution is 7.80. The first-order valence-corrected chi connectivity index (χ1v) is 8.47. The van der Waals surface area contributed by atoms with E-state index in [0.717, 1.165) is 0 Å². The average Bonchev–Trinajstić information content (AvgIpc) is 2.68. The normalized spacial score (nSPS) is 10.0. The van der Waals surface area contributed by atoms with E-state index in [0.29, 0.717) is 30.2 Å². The summed E-state index contributed by atoms with van der Waals surface area (Å²) in [4.78, 5) is 23.9. The second-order valence-corrected chi connectivity index (χ2v) is 5.76. The molecule has 0 aromatic heterocycles. The maximum absolute atomic E-state index is 12.3. The van der Waals surface area contributed by atoms with Crippen molar-refractivity contribution in [2.45, 2.75) is 0 Å². The van der Waals surface area contributed by atoms with Gasteiger partial charge in [-0.25, -0.2) is 4.79 Å². The van der Waals surface area contributed by atoms with Crippen LogP contribution in [0, 0.1) is 0 Å². The number of rotatable bonds is 7. The van der Waals surface area contributed by atoms with E-state index in [-0.39, 0.29) is 10.7 Å². The highest BCUT2D eigenvalue weighted by Gasteiger charge is 2.12. The Bertz CT molecular complexity index is 825. The molecule has 2 rings (SSSR count). The molecular formula is C19H20N2O5S. The Morgan fingerprint density at radius 1 is 1.00 bits per heavy atom. The summed E-state index contributed by atoms with van der Waals surface area (Å²) in [6.45, 7) is 0.911. The number of benzene rings is 2. The molecule has 7 nitrogen and oxygen atoms in total. The first-order chi connectivity index (χ1) is 13.0. The van der Waals surface area contributed by atoms with Crippen molar-refractivity contribution < 1.29 is 23.8 Å². The van der Waals surface area contributed by atoms with Crippen molar-refractivity contribution >= 4 is 34.9 Å². The first-order valence-electron chi connectivity index (χ1n) is 8.06. The maximum Gasteiger partial charge on any atom is 0.337 e. The molecule has 27 heavy (non-hydrogen) atoms. The molecule has 0 saturated heterocycles. The van der Waals surface area contributed by atoms with E-state index < -0.39 is 11.9 Å². The maximum atomic E-state index is 12.3. The van der Waals surface area contributed by atoms with Crippen LogP contribution in [0.1, 0.15) is 20.7 Å². The molecule has 8 heteroatoms. The fourth-order valence-corrected chi connectivity index (χ4v) is 2.36. The average molecular weight is 388 g/mol. The van der Waals surface area contributed by atoms with Gasteiger partial charge in [-0.05, 0) is 42.5 Å². The van der Waals surface area contributed by atoms with Crippen molar-refractivity contribution in [1.82, 2.24) is 5.32 Å². The lowest BCUT2D eigenvalue weighted by Crippen LogP contribution is -2.34. The molecule has 0 unspecified atom stereocenters. The molecule has 0 spiro atoms. The molecule has 0 aliphatic carbocycles. The third kappa shape index (κ3) is 6.36. The summed E-state index contributed by atoms with van der Waals surface area (Å²) < 4.78 is 15.1. The third-order valence-electron chi connectivity index (χ3n) is 3.42. The van der Waals surface area contributed by atoms with Gasteiger partial charge in [-0.1, -0.05) is 12.1 Å². The minimum Gasteiger partial charge on any atom is -0.491 e. The number of amides is 1. The number of carbonyl (C=O) groups excluding carboxylic acids is 2. The van der Waals surface area contributed by atoms with Gasteiger partial charge in [-0.3, -0.25) is 10.1 Å². The Morgan fingerprint density at radius 2 is 1.74 bits per heavy atom.